The van der Waals surface area contributed by atoms with Gasteiger partial charge in [-0.15, -0.1) is 0 Å². The fourth-order valence-corrected chi connectivity index (χ4v) is 22.9. The van der Waals surface area contributed by atoms with Crippen LogP contribution in [0.25, 0.3) is 264 Å². The molecule has 0 amide bonds. The number of hydrogen-bond donors (Lipinski definition) is 0. The van der Waals surface area contributed by atoms with Crippen LogP contribution in [0, 0.1) is 0 Å². The summed E-state index contributed by atoms with van der Waals surface area (Å²) in [4.78, 5) is 0. The largest absolute Gasteiger partial charge is 0.309 e. The maximum absolute atomic E-state index is 2.43. The minimum Gasteiger partial charge on any atom is -0.309 e. The lowest BCUT2D eigenvalue weighted by Crippen LogP contribution is -1.95. The molecule has 0 aliphatic rings. The summed E-state index contributed by atoms with van der Waals surface area (Å²) in [5.74, 6) is 0. The van der Waals surface area contributed by atoms with E-state index in [1.165, 1.54) is 253 Å². The van der Waals surface area contributed by atoms with Gasteiger partial charge in [0.05, 0.1) is 71.9 Å². The smallest absolute Gasteiger partial charge is 0.0541 e. The third kappa shape index (κ3) is 14.1. The molecule has 30 rings (SSSR count). The molecule has 0 saturated carbocycles. The second-order valence-corrected chi connectivity index (χ2v) is 37.8. The van der Waals surface area contributed by atoms with Crippen molar-refractivity contribution in [3.8, 4) is 101 Å². The van der Waals surface area contributed by atoms with E-state index in [-0.39, 0.29) is 0 Å². The Labute approximate surface area is 831 Å². The summed E-state index contributed by atoms with van der Waals surface area (Å²) in [6.45, 7) is 0. The van der Waals surface area contributed by atoms with E-state index in [1.807, 2.05) is 0 Å². The molecule has 0 radical (unpaired) electrons. The summed E-state index contributed by atoms with van der Waals surface area (Å²) < 4.78 is 14.4. The third-order valence-corrected chi connectivity index (χ3v) is 29.7. The Morgan fingerprint density at radius 1 is 0.0903 bits per heavy atom. The molecule has 6 aromatic heterocycles. The highest BCUT2D eigenvalue weighted by Gasteiger charge is 2.24. The normalized spacial score (nSPS) is 11.8. The number of hydrogen-bond acceptors (Lipinski definition) is 0. The molecule has 0 fully saturated rings. The van der Waals surface area contributed by atoms with Gasteiger partial charge in [-0.05, 0) is 270 Å². The van der Waals surface area contributed by atoms with Gasteiger partial charge in [0.15, 0.2) is 0 Å². The number of aromatic nitrogens is 6. The molecule has 0 saturated heterocycles. The van der Waals surface area contributed by atoms with Gasteiger partial charge in [-0.25, -0.2) is 0 Å². The average Bonchev–Trinajstić information content (AvgIpc) is 1.57. The summed E-state index contributed by atoms with van der Waals surface area (Å²) in [6, 6.07) is 199. The molecule has 0 unspecified atom stereocenters. The van der Waals surface area contributed by atoms with Crippen molar-refractivity contribution in [2.45, 2.75) is 0 Å². The second kappa shape index (κ2) is 34.5. The van der Waals surface area contributed by atoms with Crippen molar-refractivity contribution < 1.29 is 0 Å². The molecule has 6 heterocycles. The van der Waals surface area contributed by atoms with Crippen molar-refractivity contribution in [2.24, 2.45) is 0 Å². The fourth-order valence-electron chi connectivity index (χ4n) is 22.9. The van der Waals surface area contributed by atoms with Crippen LogP contribution in [0.1, 0.15) is 0 Å². The summed E-state index contributed by atoms with van der Waals surface area (Å²) in [5.41, 5.74) is 36.2. The first-order valence-electron chi connectivity index (χ1n) is 49.6. The van der Waals surface area contributed by atoms with E-state index in [4.69, 9.17) is 0 Å². The Balaban J connectivity index is 0.000000105. The van der Waals surface area contributed by atoms with E-state index >= 15 is 0 Å². The number of para-hydroxylation sites is 6. The van der Waals surface area contributed by atoms with Gasteiger partial charge in [0, 0.05) is 98.5 Å². The number of benzene rings is 24. The predicted octanol–water partition coefficient (Wildman–Crippen LogP) is 37.1. The van der Waals surface area contributed by atoms with Crippen molar-refractivity contribution in [1.82, 2.24) is 27.4 Å². The molecule has 0 spiro atoms. The number of fused-ring (bicyclic) bond motifs is 21. The van der Waals surface area contributed by atoms with Gasteiger partial charge in [0.2, 0.25) is 0 Å². The number of nitrogens with zero attached hydrogens (tertiary/aromatic N) is 6. The Kier molecular flexibility index (Phi) is 19.9. The number of rotatable bonds is 12. The third-order valence-electron chi connectivity index (χ3n) is 29.7. The van der Waals surface area contributed by atoms with Crippen LogP contribution in [0.2, 0.25) is 0 Å². The highest BCUT2D eigenvalue weighted by molar-refractivity contribution is 6.18. The van der Waals surface area contributed by atoms with Gasteiger partial charge in [-0.1, -0.05) is 370 Å². The zero-order valence-corrected chi connectivity index (χ0v) is 78.6. The quantitative estimate of drug-likeness (QED) is 0.117. The molecule has 672 valence electrons. The first kappa shape index (κ1) is 83.1. The van der Waals surface area contributed by atoms with Crippen molar-refractivity contribution in [2.75, 3.05) is 0 Å². The average molecular weight is 1830 g/mol. The van der Waals surface area contributed by atoms with Gasteiger partial charge in [-0.3, -0.25) is 0 Å². The van der Waals surface area contributed by atoms with Crippen LogP contribution in [-0.2, 0) is 0 Å². The highest BCUT2D eigenvalue weighted by Crippen LogP contribution is 2.46. The van der Waals surface area contributed by atoms with Crippen LogP contribution < -0.4 is 0 Å². The molecule has 0 aliphatic carbocycles. The molecular formula is C138H90N6. The topological polar surface area (TPSA) is 29.6 Å². The molecule has 6 nitrogen and oxygen atoms in total. The maximum Gasteiger partial charge on any atom is 0.0541 e. The van der Waals surface area contributed by atoms with Gasteiger partial charge in [0.25, 0.3) is 0 Å². The lowest BCUT2D eigenvalue weighted by molar-refractivity contribution is 1.18. The SMILES string of the molecule is c1ccc(-c2ccc(-n3c4ccccc4c4cc(-c5ccc6c(c5)c5ccccc5n6-c5ccc6ccccc6c5)ccc43)cc2)cc1.c1ccc(-c2cccc(-n3c4ccccc4c4cc(-c5ccc6c(c5)c5ccccc5n6-c5ccc6ccccc6c5)ccc43)c2)cc1.c1ccc(-c2cccc(-n3c4ccccc4c4cc(-c5ccc6c(c5)c5ccccc5n6-c5cccc6ccccc56)ccc43)c2)cc1. The molecule has 0 aliphatic heterocycles. The van der Waals surface area contributed by atoms with Crippen LogP contribution in [-0.4, -0.2) is 27.4 Å². The first-order chi connectivity index (χ1) is 71.4. The lowest BCUT2D eigenvalue weighted by Gasteiger charge is -2.12. The Bertz CT molecular complexity index is 10300. The molecule has 30 aromatic rings. The highest BCUT2D eigenvalue weighted by atomic mass is 15.0. The van der Waals surface area contributed by atoms with E-state index in [2.05, 4.69) is 573 Å². The Hall–Kier alpha value is -19.1. The van der Waals surface area contributed by atoms with Gasteiger partial charge < -0.3 is 27.4 Å². The molecular weight excluding hydrogens is 1740 g/mol. The van der Waals surface area contributed by atoms with Gasteiger partial charge in [-0.2, -0.15) is 0 Å². The molecule has 0 atom stereocenters. The van der Waals surface area contributed by atoms with E-state index in [0.717, 1.165) is 11.4 Å². The first-order valence-corrected chi connectivity index (χ1v) is 49.6. The Morgan fingerprint density at radius 2 is 0.299 bits per heavy atom. The Morgan fingerprint density at radius 3 is 0.639 bits per heavy atom. The van der Waals surface area contributed by atoms with E-state index in [9.17, 15) is 0 Å². The van der Waals surface area contributed by atoms with Crippen molar-refractivity contribution in [1.29, 1.82) is 0 Å². The zero-order valence-electron chi connectivity index (χ0n) is 78.6. The second-order valence-electron chi connectivity index (χ2n) is 37.8. The standard InChI is InChI=1S/3C46H30N2/c1-2-12-31(13-3-1)33-16-10-17-36(28-33)47-43-21-8-6-19-38(43)40-29-34(24-26-45(40)47)35-25-27-46-41(30-35)39-20-7-9-22-44(39)48(46)42-23-11-15-32-14-4-5-18-37(32)42;1-2-11-31(12-3-1)34-15-10-16-37(27-34)47-43-19-8-6-17-39(43)41-29-35(22-25-45(41)47)36-23-26-46-42(30-36)40-18-7-9-20-44(40)48(46)38-24-21-32-13-4-5-14-33(32)28-38;1-2-10-31(11-3-1)33-18-23-37(24-19-33)47-43-16-8-6-14-39(43)41-29-35(21-26-45(41)47)36-22-27-46-42(30-36)40-15-7-9-17-44(40)48(46)38-25-20-32-12-4-5-13-34(32)28-38/h3*1-30H. The minimum atomic E-state index is 1.16. The molecule has 6 heteroatoms. The van der Waals surface area contributed by atoms with Crippen LogP contribution >= 0.6 is 0 Å². The van der Waals surface area contributed by atoms with Crippen LogP contribution in [0.5, 0.6) is 0 Å². The van der Waals surface area contributed by atoms with E-state index in [1.54, 1.807) is 0 Å². The molecule has 0 N–H and O–H groups in total. The monoisotopic (exact) mass is 1830 g/mol. The van der Waals surface area contributed by atoms with Gasteiger partial charge >= 0.3 is 0 Å². The summed E-state index contributed by atoms with van der Waals surface area (Å²) in [5, 5.41) is 22.6. The van der Waals surface area contributed by atoms with Crippen molar-refractivity contribution >= 4 is 163 Å². The minimum absolute atomic E-state index is 1.16. The molecule has 144 heavy (non-hydrogen) atoms. The van der Waals surface area contributed by atoms with E-state index in [0.29, 0.717) is 0 Å². The van der Waals surface area contributed by atoms with Crippen molar-refractivity contribution in [3.05, 3.63) is 546 Å². The zero-order chi connectivity index (χ0) is 94.8. The maximum atomic E-state index is 2.43. The fraction of sp³-hybridized carbons (Fsp3) is 0. The van der Waals surface area contributed by atoms with Crippen LogP contribution in [0.3, 0.4) is 0 Å². The van der Waals surface area contributed by atoms with Gasteiger partial charge in [0.1, 0.15) is 0 Å². The summed E-state index contributed by atoms with van der Waals surface area (Å²) in [6.07, 6.45) is 0. The molecule has 24 aromatic carbocycles. The van der Waals surface area contributed by atoms with E-state index < -0.39 is 0 Å². The summed E-state index contributed by atoms with van der Waals surface area (Å²) in [7, 11) is 0. The molecule has 0 bridgehead atoms. The lowest BCUT2D eigenvalue weighted by atomic mass is 10.0. The summed E-state index contributed by atoms with van der Waals surface area (Å²) >= 11 is 0. The van der Waals surface area contributed by atoms with Crippen molar-refractivity contribution in [3.63, 3.8) is 0 Å². The predicted molar refractivity (Wildman–Crippen MR) is 610 cm³/mol. The van der Waals surface area contributed by atoms with Crippen LogP contribution in [0.15, 0.2) is 546 Å². The van der Waals surface area contributed by atoms with Crippen LogP contribution in [0.4, 0.5) is 0 Å².